The summed E-state index contributed by atoms with van der Waals surface area (Å²) in [5.41, 5.74) is 1.33. The van der Waals surface area contributed by atoms with Gasteiger partial charge in [0, 0.05) is 17.9 Å². The number of alkyl halides is 3. The minimum atomic E-state index is -4.09. The van der Waals surface area contributed by atoms with Crippen LogP contribution in [-0.4, -0.2) is 16.5 Å². The molecular weight excluding hydrogens is 183 g/mol. The summed E-state index contributed by atoms with van der Waals surface area (Å²) in [5, 5.41) is 8.94. The van der Waals surface area contributed by atoms with Gasteiger partial charge in [-0.2, -0.15) is 18.3 Å². The van der Waals surface area contributed by atoms with E-state index in [9.17, 15) is 13.2 Å². The van der Waals surface area contributed by atoms with Crippen molar-refractivity contribution >= 4 is 0 Å². The van der Waals surface area contributed by atoms with Gasteiger partial charge in [0.2, 0.25) is 5.69 Å². The molecule has 0 aliphatic heterocycles. The van der Waals surface area contributed by atoms with Crippen molar-refractivity contribution in [2.45, 2.75) is 25.4 Å². The second-order valence-electron chi connectivity index (χ2n) is 3.26. The number of hydrogen-bond acceptors (Lipinski definition) is 1. The summed E-state index contributed by atoms with van der Waals surface area (Å²) in [7, 11) is 0. The Labute approximate surface area is 72.3 Å². The lowest BCUT2D eigenvalue weighted by molar-refractivity contribution is -0.465. The predicted molar refractivity (Wildman–Crippen MR) is 36.7 cm³/mol. The van der Waals surface area contributed by atoms with Crippen molar-refractivity contribution in [3.8, 4) is 0 Å². The quantitative estimate of drug-likeness (QED) is 0.651. The van der Waals surface area contributed by atoms with Crippen LogP contribution >= 0.6 is 0 Å². The molecule has 13 heavy (non-hydrogen) atoms. The zero-order chi connectivity index (χ0) is 9.47. The molecule has 2 N–H and O–H groups in total. The summed E-state index contributed by atoms with van der Waals surface area (Å²) in [6.45, 7) is 0. The second-order valence-corrected chi connectivity index (χ2v) is 3.26. The van der Waals surface area contributed by atoms with E-state index in [1.165, 1.54) is 0 Å². The smallest absolute Gasteiger partial charge is 0.173 e. The maximum Gasteiger partial charge on any atom is 0.392 e. The van der Waals surface area contributed by atoms with E-state index in [0.29, 0.717) is 12.1 Å². The lowest BCUT2D eigenvalue weighted by atomic mass is 9.89. The lowest BCUT2D eigenvalue weighted by Crippen LogP contribution is -2.30. The Kier molecular flexibility index (Phi) is 1.78. The molecule has 1 aliphatic rings. The van der Waals surface area contributed by atoms with E-state index in [1.807, 2.05) is 0 Å². The van der Waals surface area contributed by atoms with Gasteiger partial charge in [-0.25, -0.2) is 0 Å². The van der Waals surface area contributed by atoms with Crippen LogP contribution in [0.3, 0.4) is 0 Å². The summed E-state index contributed by atoms with van der Waals surface area (Å²) < 4.78 is 36.9. The minimum Gasteiger partial charge on any atom is -0.173 e. The monoisotopic (exact) mass is 192 g/mol. The number of aryl methyl sites for hydroxylation is 1. The van der Waals surface area contributed by atoms with Gasteiger partial charge in [-0.3, -0.25) is 0 Å². The third-order valence-corrected chi connectivity index (χ3v) is 2.39. The molecule has 0 bridgehead atoms. The average Bonchev–Trinajstić information content (AvgIpc) is 2.47. The summed E-state index contributed by atoms with van der Waals surface area (Å²) in [6, 6.07) is 0. The standard InChI is InChI=1S/C7H8F3N3/c8-7(9,10)4-1-2-5-6(3-4)12-13-11-5/h4H,1-3H2,(H,11,12,13)/p+1. The largest absolute Gasteiger partial charge is 0.392 e. The van der Waals surface area contributed by atoms with Gasteiger partial charge in [-0.1, -0.05) is 5.21 Å². The lowest BCUT2D eigenvalue weighted by Gasteiger charge is -2.20. The maximum absolute atomic E-state index is 12.3. The number of aromatic nitrogens is 3. The molecule has 0 radical (unpaired) electrons. The van der Waals surface area contributed by atoms with Crippen molar-refractivity contribution in [2.75, 3.05) is 0 Å². The first-order valence-electron chi connectivity index (χ1n) is 4.08. The number of rotatable bonds is 0. The van der Waals surface area contributed by atoms with Crippen LogP contribution in [0.5, 0.6) is 0 Å². The number of H-pyrrole nitrogens is 2. The fourth-order valence-corrected chi connectivity index (χ4v) is 1.61. The van der Waals surface area contributed by atoms with Gasteiger partial charge < -0.3 is 0 Å². The zero-order valence-corrected chi connectivity index (χ0v) is 6.78. The third kappa shape index (κ3) is 1.52. The van der Waals surface area contributed by atoms with Gasteiger partial charge in [-0.15, -0.1) is 0 Å². The molecule has 72 valence electrons. The first kappa shape index (κ1) is 8.52. The average molecular weight is 192 g/mol. The fourth-order valence-electron chi connectivity index (χ4n) is 1.61. The molecule has 0 saturated heterocycles. The van der Waals surface area contributed by atoms with E-state index in [2.05, 4.69) is 15.4 Å². The molecule has 1 aromatic rings. The highest BCUT2D eigenvalue weighted by Gasteiger charge is 2.43. The van der Waals surface area contributed by atoms with E-state index >= 15 is 0 Å². The van der Waals surface area contributed by atoms with Crippen molar-refractivity contribution in [2.24, 2.45) is 5.92 Å². The molecule has 0 aromatic carbocycles. The van der Waals surface area contributed by atoms with Gasteiger partial charge in [-0.05, 0) is 6.42 Å². The van der Waals surface area contributed by atoms with Gasteiger partial charge in [0.1, 0.15) is 0 Å². The second kappa shape index (κ2) is 2.71. The van der Waals surface area contributed by atoms with Gasteiger partial charge >= 0.3 is 6.18 Å². The topological polar surface area (TPSA) is 42.8 Å². The molecule has 1 atom stereocenters. The Bertz CT molecular complexity index is 304. The molecule has 1 unspecified atom stereocenters. The molecule has 1 aromatic heterocycles. The summed E-state index contributed by atoms with van der Waals surface area (Å²) in [4.78, 5) is 0. The highest BCUT2D eigenvalue weighted by Crippen LogP contribution is 2.34. The minimum absolute atomic E-state index is 0.00116. The summed E-state index contributed by atoms with van der Waals surface area (Å²) >= 11 is 0. The molecule has 1 aliphatic carbocycles. The number of nitrogens with one attached hydrogen (secondary N) is 2. The Hall–Kier alpha value is -1.07. The summed E-state index contributed by atoms with van der Waals surface area (Å²) in [5.74, 6) is -1.23. The number of halogens is 3. The number of aromatic amines is 2. The molecule has 6 heteroatoms. The third-order valence-electron chi connectivity index (χ3n) is 2.39. The molecule has 0 saturated carbocycles. The van der Waals surface area contributed by atoms with E-state index < -0.39 is 12.1 Å². The van der Waals surface area contributed by atoms with Gasteiger partial charge in [0.25, 0.3) is 0 Å². The maximum atomic E-state index is 12.3. The molecule has 2 rings (SSSR count). The first-order valence-corrected chi connectivity index (χ1v) is 4.08. The van der Waals surface area contributed by atoms with Gasteiger partial charge in [0.15, 0.2) is 5.69 Å². The van der Waals surface area contributed by atoms with Crippen LogP contribution in [0.1, 0.15) is 17.8 Å². The van der Waals surface area contributed by atoms with Crippen LogP contribution in [0, 0.1) is 5.92 Å². The van der Waals surface area contributed by atoms with Crippen molar-refractivity contribution in [1.82, 2.24) is 10.3 Å². The van der Waals surface area contributed by atoms with Gasteiger partial charge in [0.05, 0.1) is 5.92 Å². The van der Waals surface area contributed by atoms with E-state index in [4.69, 9.17) is 0 Å². The van der Waals surface area contributed by atoms with Crippen molar-refractivity contribution < 1.29 is 18.3 Å². The molecule has 1 heterocycles. The Morgan fingerprint density at radius 1 is 1.46 bits per heavy atom. The highest BCUT2D eigenvalue weighted by atomic mass is 19.4. The van der Waals surface area contributed by atoms with E-state index in [0.717, 1.165) is 5.69 Å². The number of hydrogen-bond donors (Lipinski definition) is 1. The molecule has 0 fully saturated rings. The van der Waals surface area contributed by atoms with Crippen molar-refractivity contribution in [3.05, 3.63) is 11.4 Å². The van der Waals surface area contributed by atoms with Crippen LogP contribution in [0.4, 0.5) is 13.2 Å². The molecular formula is C7H9F3N3+. The predicted octanol–water partition coefficient (Wildman–Crippen LogP) is 0.891. The van der Waals surface area contributed by atoms with Crippen molar-refractivity contribution in [3.63, 3.8) is 0 Å². The van der Waals surface area contributed by atoms with E-state index in [1.54, 1.807) is 0 Å². The summed E-state index contributed by atoms with van der Waals surface area (Å²) in [6.07, 6.45) is -3.50. The van der Waals surface area contributed by atoms with Crippen LogP contribution in [0.15, 0.2) is 0 Å². The van der Waals surface area contributed by atoms with Crippen LogP contribution in [-0.2, 0) is 12.8 Å². The highest BCUT2D eigenvalue weighted by molar-refractivity contribution is 5.09. The molecule has 3 nitrogen and oxygen atoms in total. The molecule has 0 spiro atoms. The Morgan fingerprint density at radius 3 is 2.92 bits per heavy atom. The van der Waals surface area contributed by atoms with Crippen LogP contribution in [0.2, 0.25) is 0 Å². The SMILES string of the molecule is FC(F)(F)C1CCc2[nH+][nH]nc2C1. The number of nitrogens with zero attached hydrogens (tertiary/aromatic N) is 1. The Morgan fingerprint density at radius 2 is 2.23 bits per heavy atom. The normalized spacial score (nSPS) is 22.8. The first-order chi connectivity index (χ1) is 6.07. The van der Waals surface area contributed by atoms with Crippen LogP contribution in [0.25, 0.3) is 0 Å². The van der Waals surface area contributed by atoms with Crippen LogP contribution < -0.4 is 5.10 Å². The number of fused-ring (bicyclic) bond motifs is 1. The van der Waals surface area contributed by atoms with Crippen molar-refractivity contribution in [1.29, 1.82) is 0 Å². The van der Waals surface area contributed by atoms with E-state index in [-0.39, 0.29) is 12.8 Å². The Balaban J connectivity index is 2.18. The zero-order valence-electron chi connectivity index (χ0n) is 6.78. The molecule has 0 amide bonds. The fraction of sp³-hybridized carbons (Fsp3) is 0.714.